The van der Waals surface area contributed by atoms with Crippen molar-refractivity contribution in [2.75, 3.05) is 4.72 Å². The highest BCUT2D eigenvalue weighted by Gasteiger charge is 2.17. The first-order valence-corrected chi connectivity index (χ1v) is 8.27. The van der Waals surface area contributed by atoms with Gasteiger partial charge >= 0.3 is 0 Å². The third-order valence-electron chi connectivity index (χ3n) is 3.23. The molecule has 0 bridgehead atoms. The van der Waals surface area contributed by atoms with E-state index >= 15 is 0 Å². The summed E-state index contributed by atoms with van der Waals surface area (Å²) in [6, 6.07) is 11.4. The number of anilines is 1. The van der Waals surface area contributed by atoms with Gasteiger partial charge in [-0.25, -0.2) is 8.42 Å². The SMILES string of the molecule is O=[N+]([O-])c1ccc(S(=O)(=O)Nc2cccc3cc(Cl)[nH]c23)cc1. The molecule has 0 saturated heterocycles. The van der Waals surface area contributed by atoms with Crippen molar-refractivity contribution >= 4 is 43.9 Å². The van der Waals surface area contributed by atoms with Crippen LogP contribution >= 0.6 is 11.6 Å². The zero-order chi connectivity index (χ0) is 16.6. The zero-order valence-electron chi connectivity index (χ0n) is 11.5. The number of non-ortho nitro benzene ring substituents is 1. The van der Waals surface area contributed by atoms with Gasteiger partial charge in [0.05, 0.1) is 21.0 Å². The highest BCUT2D eigenvalue weighted by Crippen LogP contribution is 2.28. The lowest BCUT2D eigenvalue weighted by Crippen LogP contribution is -2.13. The third-order valence-corrected chi connectivity index (χ3v) is 4.81. The number of aromatic amines is 1. The minimum Gasteiger partial charge on any atom is -0.344 e. The number of nitro benzene ring substituents is 1. The Labute approximate surface area is 136 Å². The quantitative estimate of drug-likeness (QED) is 0.554. The summed E-state index contributed by atoms with van der Waals surface area (Å²) in [7, 11) is -3.87. The highest BCUT2D eigenvalue weighted by atomic mass is 35.5. The van der Waals surface area contributed by atoms with Crippen molar-refractivity contribution < 1.29 is 13.3 Å². The van der Waals surface area contributed by atoms with Gasteiger partial charge < -0.3 is 4.98 Å². The number of aromatic nitrogens is 1. The average Bonchev–Trinajstić information content (AvgIpc) is 2.88. The number of sulfonamides is 1. The molecule has 7 nitrogen and oxygen atoms in total. The zero-order valence-corrected chi connectivity index (χ0v) is 13.1. The van der Waals surface area contributed by atoms with Crippen LogP contribution in [0.15, 0.2) is 53.4 Å². The number of nitrogens with one attached hydrogen (secondary N) is 2. The number of nitro groups is 1. The molecule has 1 heterocycles. The summed E-state index contributed by atoms with van der Waals surface area (Å²) in [5.74, 6) is 0. The maximum absolute atomic E-state index is 12.4. The Morgan fingerprint density at radius 1 is 1.13 bits per heavy atom. The van der Waals surface area contributed by atoms with Crippen molar-refractivity contribution in [3.05, 3.63) is 63.8 Å². The van der Waals surface area contributed by atoms with Crippen LogP contribution in [0.1, 0.15) is 0 Å². The van der Waals surface area contributed by atoms with E-state index in [9.17, 15) is 18.5 Å². The summed E-state index contributed by atoms with van der Waals surface area (Å²) in [4.78, 5) is 12.8. The predicted molar refractivity (Wildman–Crippen MR) is 87.2 cm³/mol. The second kappa shape index (κ2) is 5.56. The molecule has 0 atom stereocenters. The van der Waals surface area contributed by atoms with E-state index in [0.717, 1.165) is 17.5 Å². The van der Waals surface area contributed by atoms with Gasteiger partial charge in [-0.15, -0.1) is 0 Å². The topological polar surface area (TPSA) is 105 Å². The van der Waals surface area contributed by atoms with Crippen molar-refractivity contribution in [2.24, 2.45) is 0 Å². The van der Waals surface area contributed by atoms with Gasteiger partial charge in [-0.3, -0.25) is 14.8 Å². The van der Waals surface area contributed by atoms with Crippen molar-refractivity contribution in [1.29, 1.82) is 0 Å². The standard InChI is InChI=1S/C14H10ClN3O4S/c15-13-8-9-2-1-3-12(14(9)16-13)17-23(21,22)11-6-4-10(5-7-11)18(19)20/h1-8,16-17H. The van der Waals surface area contributed by atoms with Gasteiger partial charge in [0.15, 0.2) is 0 Å². The summed E-state index contributed by atoms with van der Waals surface area (Å²) in [6.07, 6.45) is 0. The minimum atomic E-state index is -3.87. The molecule has 0 unspecified atom stereocenters. The second-order valence-electron chi connectivity index (χ2n) is 4.74. The fraction of sp³-hybridized carbons (Fsp3) is 0. The van der Waals surface area contributed by atoms with Crippen molar-refractivity contribution in [3.8, 4) is 0 Å². The van der Waals surface area contributed by atoms with Gasteiger partial charge in [0.1, 0.15) is 5.15 Å². The fourth-order valence-corrected chi connectivity index (χ4v) is 3.44. The van der Waals surface area contributed by atoms with E-state index in [1.165, 1.54) is 12.1 Å². The molecule has 0 aliphatic heterocycles. The largest absolute Gasteiger partial charge is 0.344 e. The molecule has 1 aromatic heterocycles. The molecule has 118 valence electrons. The van der Waals surface area contributed by atoms with E-state index in [-0.39, 0.29) is 10.6 Å². The Hall–Kier alpha value is -2.58. The summed E-state index contributed by atoms with van der Waals surface area (Å²) in [5.41, 5.74) is 0.720. The van der Waals surface area contributed by atoms with Gasteiger partial charge in [-0.2, -0.15) is 0 Å². The van der Waals surface area contributed by atoms with Crippen molar-refractivity contribution in [1.82, 2.24) is 4.98 Å². The van der Waals surface area contributed by atoms with Gasteiger partial charge in [-0.05, 0) is 24.3 Å². The lowest BCUT2D eigenvalue weighted by Gasteiger charge is -2.09. The maximum Gasteiger partial charge on any atom is 0.269 e. The molecule has 3 aromatic rings. The molecule has 0 saturated carbocycles. The second-order valence-corrected chi connectivity index (χ2v) is 6.83. The number of para-hydroxylation sites is 1. The van der Waals surface area contributed by atoms with Crippen molar-refractivity contribution in [3.63, 3.8) is 0 Å². The number of hydrogen-bond donors (Lipinski definition) is 2. The van der Waals surface area contributed by atoms with Gasteiger partial charge in [0.25, 0.3) is 15.7 Å². The van der Waals surface area contributed by atoms with Gasteiger partial charge in [0, 0.05) is 17.5 Å². The number of rotatable bonds is 4. The first kappa shape index (κ1) is 15.3. The van der Waals surface area contributed by atoms with Crippen LogP contribution in [0.25, 0.3) is 10.9 Å². The van der Waals surface area contributed by atoms with Crippen LogP contribution in [0.4, 0.5) is 11.4 Å². The molecule has 0 radical (unpaired) electrons. The molecule has 3 rings (SSSR count). The van der Waals surface area contributed by atoms with Gasteiger partial charge in [0.2, 0.25) is 0 Å². The first-order valence-electron chi connectivity index (χ1n) is 6.41. The highest BCUT2D eigenvalue weighted by molar-refractivity contribution is 7.92. The summed E-state index contributed by atoms with van der Waals surface area (Å²) < 4.78 is 27.3. The minimum absolute atomic E-state index is 0.0715. The number of H-pyrrole nitrogens is 1. The molecule has 0 aliphatic carbocycles. The summed E-state index contributed by atoms with van der Waals surface area (Å²) in [6.45, 7) is 0. The summed E-state index contributed by atoms with van der Waals surface area (Å²) >= 11 is 5.89. The average molecular weight is 352 g/mol. The first-order chi connectivity index (χ1) is 10.9. The summed E-state index contributed by atoms with van der Waals surface area (Å²) in [5, 5.41) is 11.8. The lowest BCUT2D eigenvalue weighted by atomic mass is 10.2. The Bertz CT molecular complexity index is 997. The third kappa shape index (κ3) is 2.99. The Balaban J connectivity index is 1.98. The molecule has 0 fully saturated rings. The number of nitrogens with zero attached hydrogens (tertiary/aromatic N) is 1. The van der Waals surface area contributed by atoms with Crippen LogP contribution in [0, 0.1) is 10.1 Å². The van der Waals surface area contributed by atoms with Crippen LogP contribution in [-0.4, -0.2) is 18.3 Å². The van der Waals surface area contributed by atoms with E-state index in [4.69, 9.17) is 11.6 Å². The number of hydrogen-bond acceptors (Lipinski definition) is 4. The van der Waals surface area contributed by atoms with Crippen LogP contribution < -0.4 is 4.72 Å². The van der Waals surface area contributed by atoms with E-state index < -0.39 is 14.9 Å². The monoisotopic (exact) mass is 351 g/mol. The molecule has 2 N–H and O–H groups in total. The smallest absolute Gasteiger partial charge is 0.269 e. The van der Waals surface area contributed by atoms with E-state index in [0.29, 0.717) is 16.4 Å². The molecule has 0 spiro atoms. The molecule has 0 aliphatic rings. The number of fused-ring (bicyclic) bond motifs is 1. The molecule has 0 amide bonds. The molecular formula is C14H10ClN3O4S. The maximum atomic E-state index is 12.4. The van der Waals surface area contributed by atoms with Crippen LogP contribution in [-0.2, 0) is 10.0 Å². The Morgan fingerprint density at radius 3 is 2.48 bits per heavy atom. The molecule has 23 heavy (non-hydrogen) atoms. The molecular weight excluding hydrogens is 342 g/mol. The molecule has 2 aromatic carbocycles. The molecule has 9 heteroatoms. The van der Waals surface area contributed by atoms with Crippen LogP contribution in [0.3, 0.4) is 0 Å². The van der Waals surface area contributed by atoms with E-state index in [1.807, 2.05) is 0 Å². The fourth-order valence-electron chi connectivity index (χ4n) is 2.16. The normalized spacial score (nSPS) is 11.5. The Morgan fingerprint density at radius 2 is 1.83 bits per heavy atom. The number of halogens is 1. The number of benzene rings is 2. The van der Waals surface area contributed by atoms with Crippen LogP contribution in [0.5, 0.6) is 0 Å². The Kier molecular flexibility index (Phi) is 3.70. The van der Waals surface area contributed by atoms with Crippen LogP contribution in [0.2, 0.25) is 5.15 Å². The van der Waals surface area contributed by atoms with E-state index in [2.05, 4.69) is 9.71 Å². The van der Waals surface area contributed by atoms with Gasteiger partial charge in [-0.1, -0.05) is 23.7 Å². The van der Waals surface area contributed by atoms with E-state index in [1.54, 1.807) is 24.3 Å². The van der Waals surface area contributed by atoms with Crippen molar-refractivity contribution in [2.45, 2.75) is 4.90 Å². The lowest BCUT2D eigenvalue weighted by molar-refractivity contribution is -0.384. The predicted octanol–water partition coefficient (Wildman–Crippen LogP) is 3.53.